The highest BCUT2D eigenvalue weighted by molar-refractivity contribution is 7.83. The van der Waals surface area contributed by atoms with E-state index in [9.17, 15) is 22.6 Å². The molecule has 12 heteroatoms. The third-order valence-electron chi connectivity index (χ3n) is 4.69. The lowest BCUT2D eigenvalue weighted by Crippen LogP contribution is -2.35. The van der Waals surface area contributed by atoms with Gasteiger partial charge in [-0.25, -0.2) is 22.5 Å². The molecule has 9 nitrogen and oxygen atoms in total. The van der Waals surface area contributed by atoms with Crippen molar-refractivity contribution < 1.29 is 27.3 Å². The van der Waals surface area contributed by atoms with Crippen molar-refractivity contribution in [3.05, 3.63) is 41.7 Å². The zero-order chi connectivity index (χ0) is 23.8. The predicted molar refractivity (Wildman–Crippen MR) is 117 cm³/mol. The largest absolute Gasteiger partial charge is 0.493 e. The second-order valence-electron chi connectivity index (χ2n) is 6.79. The van der Waals surface area contributed by atoms with E-state index >= 15 is 0 Å². The zero-order valence-electron chi connectivity index (χ0n) is 18.3. The number of halogens is 2. The number of amides is 3. The summed E-state index contributed by atoms with van der Waals surface area (Å²) in [5.41, 5.74) is 0.198. The van der Waals surface area contributed by atoms with Crippen molar-refractivity contribution in [2.45, 2.75) is 17.7 Å². The molecule has 0 bridgehead atoms. The predicted octanol–water partition coefficient (Wildman–Crippen LogP) is 2.23. The molecular formula is C20H27F2N5O4S. The minimum atomic E-state index is -1.55. The van der Waals surface area contributed by atoms with E-state index in [0.717, 1.165) is 38.1 Å². The molecule has 0 aliphatic carbocycles. The van der Waals surface area contributed by atoms with Gasteiger partial charge in [-0.1, -0.05) is 0 Å². The first kappa shape index (κ1) is 25.3. The maximum absolute atomic E-state index is 13.2. The number of carbonyl (C=O) groups excluding carboxylic acids is 2. The molecule has 3 amide bonds. The van der Waals surface area contributed by atoms with Crippen LogP contribution in [0.4, 0.5) is 19.3 Å². The molecule has 1 aromatic heterocycles. The van der Waals surface area contributed by atoms with Gasteiger partial charge in [-0.3, -0.25) is 4.79 Å². The van der Waals surface area contributed by atoms with Gasteiger partial charge in [0.2, 0.25) is 0 Å². The van der Waals surface area contributed by atoms with Crippen LogP contribution in [0.1, 0.15) is 23.3 Å². The van der Waals surface area contributed by atoms with Crippen molar-refractivity contribution in [2.75, 3.05) is 39.6 Å². The number of nitrogens with one attached hydrogen (secondary N) is 3. The number of nitrogens with zero attached hydrogens (tertiary/aromatic N) is 2. The van der Waals surface area contributed by atoms with E-state index in [4.69, 9.17) is 4.74 Å². The fourth-order valence-electron chi connectivity index (χ4n) is 3.12. The van der Waals surface area contributed by atoms with Crippen LogP contribution < -0.4 is 20.1 Å². The molecule has 3 N–H and O–H groups in total. The first-order valence-electron chi connectivity index (χ1n) is 9.79. The number of carbonyl (C=O) groups is 2. The second-order valence-corrected chi connectivity index (χ2v) is 8.18. The summed E-state index contributed by atoms with van der Waals surface area (Å²) in [5.74, 6) is -2.54. The Bertz CT molecular complexity index is 993. The van der Waals surface area contributed by atoms with E-state index in [0.29, 0.717) is 4.90 Å². The molecule has 1 fully saturated rings. The third kappa shape index (κ3) is 6.04. The molecule has 0 spiro atoms. The molecule has 1 atom stereocenters. The summed E-state index contributed by atoms with van der Waals surface area (Å²) in [6.45, 7) is 1.86. The number of likely N-dealkylation sites (tertiary alicyclic amines) is 1. The van der Waals surface area contributed by atoms with Crippen LogP contribution in [0, 0.1) is 11.6 Å². The Hall–Kier alpha value is -2.99. The molecule has 1 saturated heterocycles. The standard InChI is InChI=1S/C14H15F2N3O3S.C6H12N2O/c1-17-23(21)11-7-19(2)12(13(11)22-3)14(20)18-8-4-5-9(15)10(16)6-8;1-7-6(9)8-4-2-3-5-8/h4-7,17H,1-3H3,(H,18,20);2-5H2,1H3,(H,7,9). The maximum Gasteiger partial charge on any atom is 0.317 e. The summed E-state index contributed by atoms with van der Waals surface area (Å²) in [7, 11) is 4.55. The van der Waals surface area contributed by atoms with Gasteiger partial charge in [0.05, 0.1) is 7.11 Å². The first-order chi connectivity index (χ1) is 15.2. The second kappa shape index (κ2) is 11.6. The fourth-order valence-corrected chi connectivity index (χ4v) is 3.94. The fraction of sp³-hybridized carbons (Fsp3) is 0.400. The van der Waals surface area contributed by atoms with Crippen molar-refractivity contribution >= 4 is 28.6 Å². The van der Waals surface area contributed by atoms with Gasteiger partial charge in [-0.15, -0.1) is 0 Å². The highest BCUT2D eigenvalue weighted by Gasteiger charge is 2.24. The summed E-state index contributed by atoms with van der Waals surface area (Å²) < 4.78 is 47.2. The average molecular weight is 472 g/mol. The molecule has 1 aliphatic rings. The van der Waals surface area contributed by atoms with Gasteiger partial charge in [0.1, 0.15) is 15.9 Å². The van der Waals surface area contributed by atoms with E-state index in [1.54, 1.807) is 14.1 Å². The van der Waals surface area contributed by atoms with Crippen LogP contribution in [0.15, 0.2) is 29.3 Å². The molecular weight excluding hydrogens is 444 g/mol. The highest BCUT2D eigenvalue weighted by Crippen LogP contribution is 2.29. The van der Waals surface area contributed by atoms with E-state index < -0.39 is 28.5 Å². The third-order valence-corrected chi connectivity index (χ3v) is 5.75. The van der Waals surface area contributed by atoms with Gasteiger partial charge in [0.15, 0.2) is 23.1 Å². The Morgan fingerprint density at radius 2 is 1.78 bits per heavy atom. The summed E-state index contributed by atoms with van der Waals surface area (Å²) >= 11 is 0. The van der Waals surface area contributed by atoms with Crippen molar-refractivity contribution in [1.82, 2.24) is 19.5 Å². The molecule has 2 aromatic rings. The van der Waals surface area contributed by atoms with Gasteiger partial charge in [0, 0.05) is 45.1 Å². The van der Waals surface area contributed by atoms with Crippen LogP contribution in [0.2, 0.25) is 0 Å². The minimum Gasteiger partial charge on any atom is -0.493 e. The van der Waals surface area contributed by atoms with Crippen LogP contribution in [0.5, 0.6) is 5.75 Å². The molecule has 2 heterocycles. The summed E-state index contributed by atoms with van der Waals surface area (Å²) in [4.78, 5) is 25.3. The number of aromatic nitrogens is 1. The number of anilines is 1. The van der Waals surface area contributed by atoms with Crippen molar-refractivity contribution in [3.63, 3.8) is 0 Å². The Kier molecular flexibility index (Phi) is 9.14. The number of aryl methyl sites for hydroxylation is 1. The Morgan fingerprint density at radius 3 is 2.31 bits per heavy atom. The van der Waals surface area contributed by atoms with Gasteiger partial charge in [-0.2, -0.15) is 0 Å². The van der Waals surface area contributed by atoms with Gasteiger partial charge < -0.3 is 24.8 Å². The summed E-state index contributed by atoms with van der Waals surface area (Å²) in [6.07, 6.45) is 3.81. The van der Waals surface area contributed by atoms with Gasteiger partial charge in [0.25, 0.3) is 5.91 Å². The number of rotatable bonds is 5. The number of ether oxygens (including phenoxy) is 1. The highest BCUT2D eigenvalue weighted by atomic mass is 32.2. The molecule has 0 saturated carbocycles. The maximum atomic E-state index is 13.2. The SMILES string of the molecule is CNC(=O)N1CCCC1.CNS(=O)c1cn(C)c(C(=O)Nc2ccc(F)c(F)c2)c1OC. The molecule has 1 aliphatic heterocycles. The van der Waals surface area contributed by atoms with Crippen molar-refractivity contribution in [3.8, 4) is 5.75 Å². The molecule has 32 heavy (non-hydrogen) atoms. The monoisotopic (exact) mass is 471 g/mol. The van der Waals surface area contributed by atoms with Gasteiger partial charge >= 0.3 is 6.03 Å². The molecule has 1 aromatic carbocycles. The lowest BCUT2D eigenvalue weighted by molar-refractivity contribution is 0.101. The normalized spacial score (nSPS) is 13.8. The molecule has 176 valence electrons. The van der Waals surface area contributed by atoms with Crippen LogP contribution in [-0.2, 0) is 18.0 Å². The lowest BCUT2D eigenvalue weighted by Gasteiger charge is -2.13. The molecule has 0 radical (unpaired) electrons. The molecule has 1 unspecified atom stereocenters. The van der Waals surface area contributed by atoms with Gasteiger partial charge in [-0.05, 0) is 32.0 Å². The summed E-state index contributed by atoms with van der Waals surface area (Å²) in [6, 6.07) is 3.08. The van der Waals surface area contributed by atoms with E-state index in [1.165, 1.54) is 31.0 Å². The van der Waals surface area contributed by atoms with Crippen LogP contribution >= 0.6 is 0 Å². The van der Waals surface area contributed by atoms with E-state index in [1.807, 2.05) is 4.90 Å². The smallest absolute Gasteiger partial charge is 0.317 e. The number of hydrogen-bond acceptors (Lipinski definition) is 4. The van der Waals surface area contributed by atoms with Crippen LogP contribution in [0.3, 0.4) is 0 Å². The Balaban J connectivity index is 0.000000336. The summed E-state index contributed by atoms with van der Waals surface area (Å²) in [5, 5.41) is 5.04. The minimum absolute atomic E-state index is 0.0625. The number of urea groups is 1. The number of benzene rings is 1. The molecule has 3 rings (SSSR count). The number of hydrogen-bond donors (Lipinski definition) is 3. The lowest BCUT2D eigenvalue weighted by atomic mass is 10.3. The first-order valence-corrected chi connectivity index (χ1v) is 10.9. The van der Waals surface area contributed by atoms with E-state index in [2.05, 4.69) is 15.4 Å². The van der Waals surface area contributed by atoms with E-state index in [-0.39, 0.29) is 23.2 Å². The zero-order valence-corrected chi connectivity index (χ0v) is 19.1. The van der Waals surface area contributed by atoms with Crippen molar-refractivity contribution in [2.24, 2.45) is 7.05 Å². The quantitative estimate of drug-likeness (QED) is 0.622. The van der Waals surface area contributed by atoms with Crippen LogP contribution in [0.25, 0.3) is 0 Å². The Labute approximate surface area is 187 Å². The van der Waals surface area contributed by atoms with Crippen LogP contribution in [-0.4, -0.2) is 59.9 Å². The van der Waals surface area contributed by atoms with Crippen molar-refractivity contribution in [1.29, 1.82) is 0 Å². The number of methoxy groups -OCH3 is 1. The average Bonchev–Trinajstić information content (AvgIpc) is 3.43. The Morgan fingerprint density at radius 1 is 1.12 bits per heavy atom. The topological polar surface area (TPSA) is 105 Å².